The predicted molar refractivity (Wildman–Crippen MR) is 116 cm³/mol. The van der Waals surface area contributed by atoms with Crippen LogP contribution in [0, 0.1) is 47.3 Å². The van der Waals surface area contributed by atoms with Crippen LogP contribution < -0.4 is 0 Å². The van der Waals surface area contributed by atoms with Crippen LogP contribution >= 0.6 is 0 Å². The highest BCUT2D eigenvalue weighted by molar-refractivity contribution is 4.94. The molecule has 5 saturated carbocycles. The minimum absolute atomic E-state index is 1.12. The first kappa shape index (κ1) is 19.0. The maximum Gasteiger partial charge on any atom is -0.0380 e. The van der Waals surface area contributed by atoms with Crippen molar-refractivity contribution in [2.75, 3.05) is 0 Å². The van der Waals surface area contributed by atoms with Crippen LogP contribution in [0.5, 0.6) is 0 Å². The summed E-state index contributed by atoms with van der Waals surface area (Å²) in [5.74, 6) is 9.01. The minimum Gasteiger partial charge on any atom is -0.0533 e. The van der Waals surface area contributed by atoms with Crippen LogP contribution in [0.25, 0.3) is 0 Å². The van der Waals surface area contributed by atoms with E-state index in [2.05, 4.69) is 0 Å². The largest absolute Gasteiger partial charge is 0.0533 e. The van der Waals surface area contributed by atoms with Gasteiger partial charge in [0.25, 0.3) is 0 Å². The van der Waals surface area contributed by atoms with E-state index in [0.29, 0.717) is 0 Å². The first-order valence-corrected chi connectivity index (χ1v) is 13.4. The molecule has 5 rings (SSSR count). The van der Waals surface area contributed by atoms with Gasteiger partial charge in [0.2, 0.25) is 0 Å². The molecular weight excluding hydrogens is 324 g/mol. The lowest BCUT2D eigenvalue weighted by Crippen LogP contribution is -2.40. The van der Waals surface area contributed by atoms with E-state index in [9.17, 15) is 0 Å². The molecular formula is C27H46. The van der Waals surface area contributed by atoms with Crippen molar-refractivity contribution in [1.29, 1.82) is 0 Å². The fourth-order valence-electron chi connectivity index (χ4n) is 8.95. The van der Waals surface area contributed by atoms with Gasteiger partial charge in [-0.3, -0.25) is 0 Å². The SMILES string of the molecule is C1CCC2CCC3CC4CC5CCCCCCC5CC4CC3CCC2CC1. The molecule has 0 nitrogen and oxygen atoms in total. The first-order chi connectivity index (χ1) is 13.4. The van der Waals surface area contributed by atoms with Gasteiger partial charge in [-0.05, 0) is 98.7 Å². The van der Waals surface area contributed by atoms with Gasteiger partial charge in [0.05, 0.1) is 0 Å². The van der Waals surface area contributed by atoms with Gasteiger partial charge in [-0.15, -0.1) is 0 Å². The van der Waals surface area contributed by atoms with E-state index in [1.165, 1.54) is 19.3 Å². The Kier molecular flexibility index (Phi) is 6.18. The molecule has 0 saturated heterocycles. The summed E-state index contributed by atoms with van der Waals surface area (Å²) in [6.45, 7) is 0. The molecule has 5 fully saturated rings. The van der Waals surface area contributed by atoms with Crippen molar-refractivity contribution in [3.63, 3.8) is 0 Å². The van der Waals surface area contributed by atoms with E-state index >= 15 is 0 Å². The van der Waals surface area contributed by atoms with Gasteiger partial charge in [0.15, 0.2) is 0 Å². The van der Waals surface area contributed by atoms with E-state index in [0.717, 1.165) is 47.3 Å². The zero-order chi connectivity index (χ0) is 18.1. The maximum atomic E-state index is 1.65. The Morgan fingerprint density at radius 1 is 0.222 bits per heavy atom. The lowest BCUT2D eigenvalue weighted by molar-refractivity contribution is 0.00107. The second-order valence-corrected chi connectivity index (χ2v) is 11.8. The quantitative estimate of drug-likeness (QED) is 0.401. The highest BCUT2D eigenvalue weighted by atomic mass is 14.5. The summed E-state index contributed by atoms with van der Waals surface area (Å²) in [5, 5.41) is 0. The molecule has 0 aliphatic heterocycles. The van der Waals surface area contributed by atoms with E-state index in [1.54, 1.807) is 103 Å². The zero-order valence-corrected chi connectivity index (χ0v) is 18.1. The molecule has 0 radical (unpaired) electrons. The number of fused-ring (bicyclic) bond motifs is 4. The van der Waals surface area contributed by atoms with Crippen LogP contribution in [0.15, 0.2) is 0 Å². The highest BCUT2D eigenvalue weighted by Gasteiger charge is 2.44. The van der Waals surface area contributed by atoms with Crippen LogP contribution in [0.1, 0.15) is 122 Å². The zero-order valence-electron chi connectivity index (χ0n) is 18.1. The standard InChI is InChI=1S/C27H46/c1-2-5-11-23-17-27-19-25-15-13-21-9-7-3-6-8-20(21)12-14-24(25)18-26(27)16-22(23)10-4-1/h20-27H,1-19H2. The molecule has 0 heteroatoms. The van der Waals surface area contributed by atoms with E-state index in [-0.39, 0.29) is 0 Å². The molecule has 154 valence electrons. The summed E-state index contributed by atoms with van der Waals surface area (Å²) in [6, 6.07) is 0. The van der Waals surface area contributed by atoms with Crippen LogP contribution in [0.4, 0.5) is 0 Å². The maximum absolute atomic E-state index is 1.65. The van der Waals surface area contributed by atoms with Gasteiger partial charge in [-0.25, -0.2) is 0 Å². The molecule has 0 heterocycles. The molecule has 8 unspecified atom stereocenters. The third kappa shape index (κ3) is 4.30. The van der Waals surface area contributed by atoms with E-state index < -0.39 is 0 Å². The minimum atomic E-state index is 1.12. The molecule has 0 aromatic rings. The van der Waals surface area contributed by atoms with E-state index in [1.807, 2.05) is 0 Å². The van der Waals surface area contributed by atoms with Crippen LogP contribution in [0.3, 0.4) is 0 Å². The Morgan fingerprint density at radius 2 is 0.519 bits per heavy atom. The molecule has 0 N–H and O–H groups in total. The molecule has 5 aliphatic rings. The Bertz CT molecular complexity index is 425. The van der Waals surface area contributed by atoms with Crippen molar-refractivity contribution < 1.29 is 0 Å². The number of hydrogen-bond acceptors (Lipinski definition) is 0. The van der Waals surface area contributed by atoms with Crippen molar-refractivity contribution in [3.05, 3.63) is 0 Å². The van der Waals surface area contributed by atoms with Gasteiger partial charge in [0, 0.05) is 0 Å². The first-order valence-electron chi connectivity index (χ1n) is 13.4. The third-order valence-electron chi connectivity index (χ3n) is 10.5. The molecule has 8 atom stereocenters. The lowest BCUT2D eigenvalue weighted by atomic mass is 9.55. The summed E-state index contributed by atoms with van der Waals surface area (Å²) in [7, 11) is 0. The average Bonchev–Trinajstić information content (AvgIpc) is 2.87. The van der Waals surface area contributed by atoms with Gasteiger partial charge in [-0.2, -0.15) is 0 Å². The fraction of sp³-hybridized carbons (Fsp3) is 1.00. The smallest absolute Gasteiger partial charge is 0.0380 e. The Labute approximate surface area is 169 Å². The third-order valence-corrected chi connectivity index (χ3v) is 10.5. The summed E-state index contributed by atoms with van der Waals surface area (Å²) < 4.78 is 0. The summed E-state index contributed by atoms with van der Waals surface area (Å²) in [4.78, 5) is 0. The second-order valence-electron chi connectivity index (χ2n) is 11.8. The topological polar surface area (TPSA) is 0 Å². The van der Waals surface area contributed by atoms with Crippen molar-refractivity contribution >= 4 is 0 Å². The monoisotopic (exact) mass is 370 g/mol. The Morgan fingerprint density at radius 3 is 0.963 bits per heavy atom. The van der Waals surface area contributed by atoms with Gasteiger partial charge in [0.1, 0.15) is 0 Å². The van der Waals surface area contributed by atoms with Crippen LogP contribution in [-0.2, 0) is 0 Å². The number of rotatable bonds is 0. The normalized spacial score (nSPS) is 48.9. The molecule has 27 heavy (non-hydrogen) atoms. The van der Waals surface area contributed by atoms with E-state index in [4.69, 9.17) is 0 Å². The number of hydrogen-bond donors (Lipinski definition) is 0. The molecule has 0 spiro atoms. The summed E-state index contributed by atoms with van der Waals surface area (Å²) in [5.41, 5.74) is 0. The van der Waals surface area contributed by atoms with Crippen LogP contribution in [-0.4, -0.2) is 0 Å². The predicted octanol–water partition coefficient (Wildman–Crippen LogP) is 8.40. The molecule has 5 aliphatic carbocycles. The van der Waals surface area contributed by atoms with Crippen molar-refractivity contribution in [2.24, 2.45) is 47.3 Å². The molecule has 0 aromatic carbocycles. The highest BCUT2D eigenvalue weighted by Crippen LogP contribution is 2.54. The lowest BCUT2D eigenvalue weighted by Gasteiger charge is -2.50. The molecule has 0 bridgehead atoms. The average molecular weight is 371 g/mol. The van der Waals surface area contributed by atoms with Crippen molar-refractivity contribution in [1.82, 2.24) is 0 Å². The summed E-state index contributed by atoms with van der Waals surface area (Å²) >= 11 is 0. The molecule has 0 aromatic heterocycles. The van der Waals surface area contributed by atoms with Gasteiger partial charge >= 0.3 is 0 Å². The van der Waals surface area contributed by atoms with Crippen LogP contribution in [0.2, 0.25) is 0 Å². The Balaban J connectivity index is 1.24. The van der Waals surface area contributed by atoms with Crippen molar-refractivity contribution in [2.45, 2.75) is 122 Å². The van der Waals surface area contributed by atoms with Gasteiger partial charge < -0.3 is 0 Å². The fourth-order valence-corrected chi connectivity index (χ4v) is 8.95. The van der Waals surface area contributed by atoms with Gasteiger partial charge in [-0.1, -0.05) is 70.6 Å². The molecule has 0 amide bonds. The summed E-state index contributed by atoms with van der Waals surface area (Å²) in [6.07, 6.45) is 30.2. The van der Waals surface area contributed by atoms with Crippen molar-refractivity contribution in [3.8, 4) is 0 Å². The second kappa shape index (κ2) is 8.79. The Hall–Kier alpha value is 0.